The van der Waals surface area contributed by atoms with Gasteiger partial charge in [0.25, 0.3) is 0 Å². The largest absolute Gasteiger partial charge is 0.497 e. The molecule has 146 valence electrons. The summed E-state index contributed by atoms with van der Waals surface area (Å²) in [5, 5.41) is 7.08. The lowest BCUT2D eigenvalue weighted by atomic mass is 10.1. The van der Waals surface area contributed by atoms with Crippen molar-refractivity contribution in [3.8, 4) is 17.1 Å². The molecule has 7 heteroatoms. The van der Waals surface area contributed by atoms with Crippen LogP contribution >= 0.6 is 12.2 Å². The van der Waals surface area contributed by atoms with Gasteiger partial charge < -0.3 is 9.64 Å². The van der Waals surface area contributed by atoms with Crippen molar-refractivity contribution in [2.24, 2.45) is 0 Å². The number of aryl methyl sites for hydroxylation is 2. The lowest BCUT2D eigenvalue weighted by molar-refractivity contribution is -0.131. The summed E-state index contributed by atoms with van der Waals surface area (Å²) in [5.41, 5.74) is 4.38. The van der Waals surface area contributed by atoms with Crippen molar-refractivity contribution in [1.82, 2.24) is 19.7 Å². The SMILES string of the molecule is COc1ccc(-c2n[nH]c(=S)n2CC(=O)N(C)Cc2ccc(C)cc2C)cc1. The Hall–Kier alpha value is -2.93. The van der Waals surface area contributed by atoms with Crippen LogP contribution in [-0.4, -0.2) is 39.7 Å². The number of hydrogen-bond acceptors (Lipinski definition) is 4. The Morgan fingerprint density at radius 1 is 1.21 bits per heavy atom. The summed E-state index contributed by atoms with van der Waals surface area (Å²) in [6.07, 6.45) is 0. The molecule has 0 bridgehead atoms. The van der Waals surface area contributed by atoms with Gasteiger partial charge in [0.1, 0.15) is 12.3 Å². The first kappa shape index (κ1) is 19.8. The van der Waals surface area contributed by atoms with E-state index in [-0.39, 0.29) is 12.5 Å². The molecule has 3 rings (SSSR count). The number of likely N-dealkylation sites (N-methyl/N-ethyl adjacent to an activating group) is 1. The first-order chi connectivity index (χ1) is 13.4. The van der Waals surface area contributed by atoms with E-state index in [0.29, 0.717) is 17.1 Å². The predicted molar refractivity (Wildman–Crippen MR) is 112 cm³/mol. The zero-order chi connectivity index (χ0) is 20.3. The summed E-state index contributed by atoms with van der Waals surface area (Å²) in [5.74, 6) is 1.35. The summed E-state index contributed by atoms with van der Waals surface area (Å²) in [7, 11) is 3.42. The molecule has 1 heterocycles. The smallest absolute Gasteiger partial charge is 0.242 e. The summed E-state index contributed by atoms with van der Waals surface area (Å²) in [6.45, 7) is 4.80. The van der Waals surface area contributed by atoms with Crippen LogP contribution in [0.2, 0.25) is 0 Å². The molecule has 3 aromatic rings. The lowest BCUT2D eigenvalue weighted by Gasteiger charge is -2.19. The van der Waals surface area contributed by atoms with E-state index in [9.17, 15) is 4.79 Å². The number of carbonyl (C=O) groups excluding carboxylic acids is 1. The zero-order valence-corrected chi connectivity index (χ0v) is 17.3. The molecule has 1 amide bonds. The Morgan fingerprint density at radius 2 is 1.93 bits per heavy atom. The highest BCUT2D eigenvalue weighted by molar-refractivity contribution is 7.71. The third-order valence-corrected chi connectivity index (χ3v) is 5.04. The van der Waals surface area contributed by atoms with E-state index in [4.69, 9.17) is 17.0 Å². The summed E-state index contributed by atoms with van der Waals surface area (Å²) < 4.78 is 7.33. The average Bonchev–Trinajstić information content (AvgIpc) is 3.04. The van der Waals surface area contributed by atoms with Crippen molar-refractivity contribution >= 4 is 18.1 Å². The average molecular weight is 397 g/mol. The van der Waals surface area contributed by atoms with Crippen molar-refractivity contribution in [1.29, 1.82) is 0 Å². The first-order valence-corrected chi connectivity index (χ1v) is 9.39. The molecule has 0 aliphatic carbocycles. The molecule has 0 saturated carbocycles. The Balaban J connectivity index is 1.78. The molecule has 0 aliphatic heterocycles. The second-order valence-electron chi connectivity index (χ2n) is 6.85. The van der Waals surface area contributed by atoms with E-state index in [1.165, 1.54) is 11.1 Å². The Bertz CT molecular complexity index is 1040. The van der Waals surface area contributed by atoms with Crippen LogP contribution in [0.5, 0.6) is 5.75 Å². The minimum absolute atomic E-state index is 0.0350. The van der Waals surface area contributed by atoms with Gasteiger partial charge in [-0.1, -0.05) is 23.8 Å². The topological polar surface area (TPSA) is 63.1 Å². The van der Waals surface area contributed by atoms with Crippen molar-refractivity contribution in [2.75, 3.05) is 14.2 Å². The molecular weight excluding hydrogens is 372 g/mol. The van der Waals surface area contributed by atoms with Crippen LogP contribution in [0.25, 0.3) is 11.4 Å². The summed E-state index contributed by atoms with van der Waals surface area (Å²) in [6, 6.07) is 13.8. The van der Waals surface area contributed by atoms with Gasteiger partial charge in [0, 0.05) is 19.2 Å². The van der Waals surface area contributed by atoms with Crippen LogP contribution in [-0.2, 0) is 17.9 Å². The van der Waals surface area contributed by atoms with Crippen LogP contribution in [0.15, 0.2) is 42.5 Å². The Morgan fingerprint density at radius 3 is 2.57 bits per heavy atom. The van der Waals surface area contributed by atoms with Crippen LogP contribution in [0.1, 0.15) is 16.7 Å². The van der Waals surface area contributed by atoms with E-state index >= 15 is 0 Å². The molecule has 1 aromatic heterocycles. The molecule has 0 fully saturated rings. The molecule has 0 spiro atoms. The summed E-state index contributed by atoms with van der Waals surface area (Å²) in [4.78, 5) is 14.5. The number of benzene rings is 2. The van der Waals surface area contributed by atoms with E-state index in [2.05, 4.69) is 42.2 Å². The number of carbonyl (C=O) groups is 1. The highest BCUT2D eigenvalue weighted by Crippen LogP contribution is 2.21. The second kappa shape index (κ2) is 8.39. The van der Waals surface area contributed by atoms with Crippen LogP contribution in [0, 0.1) is 18.6 Å². The van der Waals surface area contributed by atoms with Gasteiger partial charge >= 0.3 is 0 Å². The Kier molecular flexibility index (Phi) is 5.94. The predicted octanol–water partition coefficient (Wildman–Crippen LogP) is 3.89. The number of H-pyrrole nitrogens is 1. The lowest BCUT2D eigenvalue weighted by Crippen LogP contribution is -2.30. The molecule has 6 nitrogen and oxygen atoms in total. The minimum atomic E-state index is -0.0350. The quantitative estimate of drug-likeness (QED) is 0.642. The van der Waals surface area contributed by atoms with E-state index in [0.717, 1.165) is 16.9 Å². The fourth-order valence-corrected chi connectivity index (χ4v) is 3.24. The third-order valence-electron chi connectivity index (χ3n) is 4.73. The van der Waals surface area contributed by atoms with Crippen molar-refractivity contribution in [2.45, 2.75) is 26.9 Å². The van der Waals surface area contributed by atoms with Crippen molar-refractivity contribution in [3.63, 3.8) is 0 Å². The van der Waals surface area contributed by atoms with Crippen molar-refractivity contribution < 1.29 is 9.53 Å². The van der Waals surface area contributed by atoms with Gasteiger partial charge in [0.05, 0.1) is 7.11 Å². The molecule has 2 aromatic carbocycles. The third kappa shape index (κ3) is 4.31. The number of nitrogens with one attached hydrogen (secondary N) is 1. The first-order valence-electron chi connectivity index (χ1n) is 8.98. The summed E-state index contributed by atoms with van der Waals surface area (Å²) >= 11 is 5.34. The van der Waals surface area contributed by atoms with E-state index < -0.39 is 0 Å². The number of amides is 1. The van der Waals surface area contributed by atoms with Crippen LogP contribution in [0.3, 0.4) is 0 Å². The van der Waals surface area contributed by atoms with Gasteiger partial charge in [-0.05, 0) is 61.5 Å². The number of aromatic amines is 1. The molecule has 0 unspecified atom stereocenters. The van der Waals surface area contributed by atoms with Crippen LogP contribution < -0.4 is 4.74 Å². The van der Waals surface area contributed by atoms with Gasteiger partial charge in [-0.15, -0.1) is 0 Å². The monoisotopic (exact) mass is 396 g/mol. The molecule has 0 saturated heterocycles. The maximum Gasteiger partial charge on any atom is 0.242 e. The Labute approximate surface area is 169 Å². The fraction of sp³-hybridized carbons (Fsp3) is 0.286. The molecule has 0 radical (unpaired) electrons. The molecule has 0 aliphatic rings. The second-order valence-corrected chi connectivity index (χ2v) is 7.23. The standard InChI is InChI=1S/C21H24N4O2S/c1-14-5-6-17(15(2)11-14)12-24(3)19(26)13-25-20(22-23-21(25)28)16-7-9-18(27-4)10-8-16/h5-11H,12-13H2,1-4H3,(H,23,28). The van der Waals surface area contributed by atoms with Gasteiger partial charge in [-0.2, -0.15) is 5.10 Å². The number of hydrogen-bond donors (Lipinski definition) is 1. The van der Waals surface area contributed by atoms with Gasteiger partial charge in [-0.3, -0.25) is 14.5 Å². The van der Waals surface area contributed by atoms with Crippen molar-refractivity contribution in [3.05, 3.63) is 63.9 Å². The van der Waals surface area contributed by atoms with Gasteiger partial charge in [0.2, 0.25) is 5.91 Å². The fourth-order valence-electron chi connectivity index (χ4n) is 3.05. The van der Waals surface area contributed by atoms with E-state index in [1.807, 2.05) is 24.3 Å². The maximum atomic E-state index is 12.8. The number of aromatic nitrogens is 3. The van der Waals surface area contributed by atoms with Crippen LogP contribution in [0.4, 0.5) is 0 Å². The number of rotatable bonds is 6. The molecule has 28 heavy (non-hydrogen) atoms. The number of nitrogens with zero attached hydrogens (tertiary/aromatic N) is 3. The van der Waals surface area contributed by atoms with Gasteiger partial charge in [0.15, 0.2) is 10.6 Å². The number of ether oxygens (including phenoxy) is 1. The number of methoxy groups -OCH3 is 1. The highest BCUT2D eigenvalue weighted by atomic mass is 32.1. The maximum absolute atomic E-state index is 12.8. The van der Waals surface area contributed by atoms with E-state index in [1.54, 1.807) is 23.6 Å². The highest BCUT2D eigenvalue weighted by Gasteiger charge is 2.16. The molecule has 1 N–H and O–H groups in total. The molecular formula is C21H24N4O2S. The normalized spacial score (nSPS) is 10.7. The molecule has 0 atom stereocenters. The van der Waals surface area contributed by atoms with Gasteiger partial charge in [-0.25, -0.2) is 0 Å². The minimum Gasteiger partial charge on any atom is -0.497 e. The zero-order valence-electron chi connectivity index (χ0n) is 16.5.